The van der Waals surface area contributed by atoms with Crippen molar-refractivity contribution in [2.24, 2.45) is 5.92 Å². The second-order valence-electron chi connectivity index (χ2n) is 8.60. The molecule has 3 aromatic heterocycles. The van der Waals surface area contributed by atoms with E-state index in [9.17, 15) is 14.0 Å². The van der Waals surface area contributed by atoms with Crippen LogP contribution in [0.15, 0.2) is 47.4 Å². The Kier molecular flexibility index (Phi) is 4.41. The van der Waals surface area contributed by atoms with Crippen molar-refractivity contribution in [2.45, 2.75) is 19.4 Å². The number of nitrogens with zero attached hydrogens (tertiary/aromatic N) is 6. The van der Waals surface area contributed by atoms with Gasteiger partial charge >= 0.3 is 0 Å². The summed E-state index contributed by atoms with van der Waals surface area (Å²) < 4.78 is 17.2. The summed E-state index contributed by atoms with van der Waals surface area (Å²) in [6.07, 6.45) is 1.98. The topological polar surface area (TPSA) is 123 Å². The number of nitrogens with two attached hydrogens (primary N) is 1. The molecule has 1 aromatic carbocycles. The average molecular weight is 460 g/mol. The van der Waals surface area contributed by atoms with Crippen LogP contribution in [0.1, 0.15) is 34.8 Å². The van der Waals surface area contributed by atoms with Gasteiger partial charge in [0.25, 0.3) is 11.5 Å². The number of nitrogen functional groups attached to an aromatic ring is 1. The summed E-state index contributed by atoms with van der Waals surface area (Å²) >= 11 is 0. The van der Waals surface area contributed by atoms with Gasteiger partial charge in [0.1, 0.15) is 11.4 Å². The second kappa shape index (κ2) is 7.37. The monoisotopic (exact) mass is 460 g/mol. The maximum atomic E-state index is 14.5. The number of hydrogen-bond acceptors (Lipinski definition) is 7. The molecule has 2 aliphatic rings. The lowest BCUT2D eigenvalue weighted by Crippen LogP contribution is -2.52. The number of aromatic nitrogens is 5. The van der Waals surface area contributed by atoms with Gasteiger partial charge in [0.2, 0.25) is 5.95 Å². The summed E-state index contributed by atoms with van der Waals surface area (Å²) in [5.41, 5.74) is 6.90. The Morgan fingerprint density at radius 3 is 2.71 bits per heavy atom. The molecule has 0 aliphatic carbocycles. The van der Waals surface area contributed by atoms with Gasteiger partial charge in [0.15, 0.2) is 17.2 Å². The predicted octanol–water partition coefficient (Wildman–Crippen LogP) is 1.48. The molecule has 3 N–H and O–H groups in total. The molecule has 2 aliphatic heterocycles. The van der Waals surface area contributed by atoms with Crippen LogP contribution in [0.2, 0.25) is 0 Å². The molecule has 0 unspecified atom stereocenters. The van der Waals surface area contributed by atoms with Crippen molar-refractivity contribution in [2.75, 3.05) is 23.7 Å². The molecule has 172 valence electrons. The number of halogens is 1. The first-order valence-electron chi connectivity index (χ1n) is 11.0. The van der Waals surface area contributed by atoms with E-state index in [0.29, 0.717) is 48.1 Å². The first-order valence-corrected chi connectivity index (χ1v) is 11.0. The minimum Gasteiger partial charge on any atom is -0.368 e. The maximum Gasteiger partial charge on any atom is 0.285 e. The van der Waals surface area contributed by atoms with E-state index in [0.717, 1.165) is 0 Å². The van der Waals surface area contributed by atoms with Gasteiger partial charge in [-0.3, -0.25) is 14.2 Å². The van der Waals surface area contributed by atoms with E-state index < -0.39 is 17.4 Å². The van der Waals surface area contributed by atoms with Crippen LogP contribution in [0.4, 0.5) is 16.2 Å². The molecule has 1 saturated heterocycles. The number of amides is 1. The van der Waals surface area contributed by atoms with Crippen LogP contribution in [0.25, 0.3) is 11.2 Å². The Bertz CT molecular complexity index is 1510. The lowest BCUT2D eigenvalue weighted by molar-refractivity contribution is 0.0944. The number of para-hydroxylation sites is 1. The average Bonchev–Trinajstić information content (AvgIpc) is 3.18. The van der Waals surface area contributed by atoms with Crippen LogP contribution < -0.4 is 21.5 Å². The zero-order chi connectivity index (χ0) is 23.6. The van der Waals surface area contributed by atoms with Crippen LogP contribution in [0.3, 0.4) is 0 Å². The summed E-state index contributed by atoms with van der Waals surface area (Å²) in [4.78, 5) is 36.8. The lowest BCUT2D eigenvalue weighted by Gasteiger charge is -2.48. The molecule has 0 saturated carbocycles. The van der Waals surface area contributed by atoms with E-state index in [-0.39, 0.29) is 23.3 Å². The van der Waals surface area contributed by atoms with E-state index in [4.69, 9.17) is 5.73 Å². The van der Waals surface area contributed by atoms with E-state index in [2.05, 4.69) is 20.4 Å². The molecule has 10 nitrogen and oxygen atoms in total. The van der Waals surface area contributed by atoms with Gasteiger partial charge in [0, 0.05) is 31.6 Å². The van der Waals surface area contributed by atoms with Crippen LogP contribution in [0.5, 0.6) is 0 Å². The second-order valence-corrected chi connectivity index (χ2v) is 8.60. The number of carbonyl (C=O) groups is 1. The third kappa shape index (κ3) is 2.89. The van der Waals surface area contributed by atoms with Gasteiger partial charge in [-0.1, -0.05) is 25.1 Å². The summed E-state index contributed by atoms with van der Waals surface area (Å²) in [6.45, 7) is 3.08. The van der Waals surface area contributed by atoms with Crippen LogP contribution >= 0.6 is 0 Å². The van der Waals surface area contributed by atoms with Gasteiger partial charge < -0.3 is 16.0 Å². The molecule has 0 bridgehead atoms. The van der Waals surface area contributed by atoms with Crippen LogP contribution in [-0.4, -0.2) is 43.1 Å². The molecule has 5 heterocycles. The van der Waals surface area contributed by atoms with Crippen molar-refractivity contribution in [3.05, 3.63) is 75.8 Å². The molecule has 4 aromatic rings. The maximum absolute atomic E-state index is 14.5. The van der Waals surface area contributed by atoms with Crippen molar-refractivity contribution in [3.63, 3.8) is 0 Å². The summed E-state index contributed by atoms with van der Waals surface area (Å²) in [7, 11) is 0. The Labute approximate surface area is 192 Å². The predicted molar refractivity (Wildman–Crippen MR) is 122 cm³/mol. The molecule has 0 radical (unpaired) electrons. The van der Waals surface area contributed by atoms with E-state index >= 15 is 0 Å². The van der Waals surface area contributed by atoms with Gasteiger partial charge in [-0.25, -0.2) is 13.9 Å². The molecule has 1 amide bonds. The van der Waals surface area contributed by atoms with Gasteiger partial charge in [0.05, 0.1) is 17.4 Å². The van der Waals surface area contributed by atoms with Crippen molar-refractivity contribution >= 4 is 23.2 Å². The highest BCUT2D eigenvalue weighted by Crippen LogP contribution is 2.43. The normalized spacial score (nSPS) is 19.6. The zero-order valence-electron chi connectivity index (χ0n) is 18.3. The molecule has 1 fully saturated rings. The third-order valence-electron chi connectivity index (χ3n) is 6.43. The van der Waals surface area contributed by atoms with Crippen LogP contribution in [-0.2, 0) is 6.42 Å². The number of benzene rings is 1. The van der Waals surface area contributed by atoms with Crippen molar-refractivity contribution in [1.82, 2.24) is 29.5 Å². The molecule has 34 heavy (non-hydrogen) atoms. The quantitative estimate of drug-likeness (QED) is 0.475. The third-order valence-corrected chi connectivity index (χ3v) is 6.43. The highest BCUT2D eigenvalue weighted by atomic mass is 19.1. The number of nitrogens with one attached hydrogen (secondary N) is 1. The summed E-state index contributed by atoms with van der Waals surface area (Å²) in [5, 5.41) is 7.49. The standard InChI is InChI=1S/C23H21FN8O2/c1-12-11-30(19-16-15(27-23(25)28-19)7-9-26-21(16)33)17(12)20-29-31-10-8-14(24)18(31)22(34)32(20)13-5-3-2-4-6-13/h2-6,8,10,12,17H,7,9,11H2,1H3,(H,26,33)(H2,25,27,28)/t12-,17-/m0/s1. The van der Waals surface area contributed by atoms with E-state index in [1.807, 2.05) is 17.9 Å². The largest absolute Gasteiger partial charge is 0.368 e. The minimum absolute atomic E-state index is 0.0678. The zero-order valence-corrected chi connectivity index (χ0v) is 18.3. The Balaban J connectivity index is 1.58. The molecule has 0 spiro atoms. The number of hydrogen-bond donors (Lipinski definition) is 2. The summed E-state index contributed by atoms with van der Waals surface area (Å²) in [6, 6.07) is 9.80. The Morgan fingerprint density at radius 1 is 1.15 bits per heavy atom. The van der Waals surface area contributed by atoms with Crippen molar-refractivity contribution in [3.8, 4) is 5.69 Å². The highest BCUT2D eigenvalue weighted by Gasteiger charge is 2.44. The molecule has 11 heteroatoms. The fraction of sp³-hybridized carbons (Fsp3) is 0.261. The number of carbonyl (C=O) groups excluding carboxylic acids is 1. The molecule has 2 atom stereocenters. The summed E-state index contributed by atoms with van der Waals surface area (Å²) in [5.74, 6) is 0.0828. The molecular weight excluding hydrogens is 439 g/mol. The van der Waals surface area contributed by atoms with Crippen LogP contribution in [0, 0.1) is 11.7 Å². The van der Waals surface area contributed by atoms with Gasteiger partial charge in [-0.15, -0.1) is 0 Å². The first kappa shape index (κ1) is 20.3. The lowest BCUT2D eigenvalue weighted by atomic mass is 9.88. The smallest absolute Gasteiger partial charge is 0.285 e. The molecular formula is C23H21FN8O2. The fourth-order valence-electron chi connectivity index (χ4n) is 4.89. The van der Waals surface area contributed by atoms with Gasteiger partial charge in [-0.2, -0.15) is 10.1 Å². The Morgan fingerprint density at radius 2 is 1.94 bits per heavy atom. The first-order chi connectivity index (χ1) is 16.4. The van der Waals surface area contributed by atoms with E-state index in [1.54, 1.807) is 24.3 Å². The van der Waals surface area contributed by atoms with Crippen molar-refractivity contribution in [1.29, 1.82) is 0 Å². The number of fused-ring (bicyclic) bond motifs is 2. The fourth-order valence-corrected chi connectivity index (χ4v) is 4.89. The highest BCUT2D eigenvalue weighted by molar-refractivity contribution is 6.01. The SMILES string of the molecule is C[C@H]1CN(c2nc(N)nc3c2C(=O)NCC3)[C@@H]1c1nn2ccc(F)c2c(=O)n1-c1ccccc1. The van der Waals surface area contributed by atoms with Crippen molar-refractivity contribution < 1.29 is 9.18 Å². The number of anilines is 2. The Hall–Kier alpha value is -4.28. The minimum atomic E-state index is -0.637. The van der Waals surface area contributed by atoms with E-state index in [1.165, 1.54) is 21.3 Å². The van der Waals surface area contributed by atoms with Gasteiger partial charge in [-0.05, 0) is 18.2 Å². The molecule has 6 rings (SSSR count). The number of rotatable bonds is 3.